The molecule has 7 aromatic rings. The summed E-state index contributed by atoms with van der Waals surface area (Å²) in [6, 6.07) is 12.7. The molecule has 1 atom stereocenters. The number of ether oxygens (including phenoxy) is 1. The van der Waals surface area contributed by atoms with Crippen molar-refractivity contribution >= 4 is 64.6 Å². The SMILES string of the molecule is CCCC(C)n1c(=O)c2c3cc(C)c4ccc5ccc6c(OC(C)(C)C)cc(c2c1=O)c1c6c5c4c31. The van der Waals surface area contributed by atoms with Gasteiger partial charge in [0.1, 0.15) is 11.4 Å². The van der Waals surface area contributed by atoms with Crippen molar-refractivity contribution in [2.24, 2.45) is 0 Å². The maximum atomic E-state index is 14.0. The molecule has 1 unspecified atom stereocenters. The van der Waals surface area contributed by atoms with Gasteiger partial charge in [-0.3, -0.25) is 14.2 Å². The number of aryl methyl sites for hydroxylation is 1. The van der Waals surface area contributed by atoms with E-state index in [9.17, 15) is 9.59 Å². The summed E-state index contributed by atoms with van der Waals surface area (Å²) in [5.41, 5.74) is 0.364. The zero-order chi connectivity index (χ0) is 25.3. The monoisotopic (exact) mass is 475 g/mol. The molecule has 180 valence electrons. The van der Waals surface area contributed by atoms with E-state index in [2.05, 4.69) is 44.2 Å². The Kier molecular flexibility index (Phi) is 4.06. The van der Waals surface area contributed by atoms with E-state index in [-0.39, 0.29) is 17.2 Å². The lowest BCUT2D eigenvalue weighted by molar-refractivity contribution is 0.133. The minimum Gasteiger partial charge on any atom is -0.487 e. The van der Waals surface area contributed by atoms with E-state index < -0.39 is 5.60 Å². The fourth-order valence-electron chi connectivity index (χ4n) is 6.71. The molecule has 36 heavy (non-hydrogen) atoms. The molecule has 0 N–H and O–H groups in total. The van der Waals surface area contributed by atoms with Crippen LogP contribution in [0.3, 0.4) is 0 Å². The predicted molar refractivity (Wildman–Crippen MR) is 151 cm³/mol. The molecule has 0 amide bonds. The first-order valence-electron chi connectivity index (χ1n) is 12.9. The van der Waals surface area contributed by atoms with Crippen LogP contribution in [0.2, 0.25) is 0 Å². The molecule has 1 heterocycles. The summed E-state index contributed by atoms with van der Waals surface area (Å²) >= 11 is 0. The number of benzene rings is 5. The van der Waals surface area contributed by atoms with Gasteiger partial charge in [-0.25, -0.2) is 0 Å². The van der Waals surface area contributed by atoms with Gasteiger partial charge in [0.15, 0.2) is 0 Å². The Bertz CT molecular complexity index is 2080. The average molecular weight is 476 g/mol. The molecule has 6 aromatic carbocycles. The Hall–Kier alpha value is -3.66. The third-order valence-electron chi connectivity index (χ3n) is 8.02. The van der Waals surface area contributed by atoms with Crippen LogP contribution in [0.5, 0.6) is 5.75 Å². The highest BCUT2D eigenvalue weighted by Crippen LogP contribution is 2.52. The van der Waals surface area contributed by atoms with Gasteiger partial charge in [-0.2, -0.15) is 0 Å². The van der Waals surface area contributed by atoms with Crippen molar-refractivity contribution in [3.05, 3.63) is 62.7 Å². The lowest BCUT2D eigenvalue weighted by Crippen LogP contribution is -2.28. The van der Waals surface area contributed by atoms with Crippen molar-refractivity contribution in [2.45, 2.75) is 66.0 Å². The second kappa shape index (κ2) is 6.76. The van der Waals surface area contributed by atoms with E-state index in [1.807, 2.05) is 33.8 Å². The summed E-state index contributed by atoms with van der Waals surface area (Å²) in [7, 11) is 0. The maximum absolute atomic E-state index is 14.0. The summed E-state index contributed by atoms with van der Waals surface area (Å²) in [5, 5.41) is 12.0. The minimum absolute atomic E-state index is 0.148. The van der Waals surface area contributed by atoms with E-state index in [1.54, 1.807) is 0 Å². The van der Waals surface area contributed by atoms with Gasteiger partial charge in [0.05, 0.1) is 10.8 Å². The maximum Gasteiger partial charge on any atom is 0.262 e. The highest BCUT2D eigenvalue weighted by atomic mass is 16.5. The third kappa shape index (κ3) is 2.49. The van der Waals surface area contributed by atoms with Crippen LogP contribution in [0.25, 0.3) is 64.6 Å². The van der Waals surface area contributed by atoms with E-state index in [1.165, 1.54) is 26.1 Å². The lowest BCUT2D eigenvalue weighted by atomic mass is 9.93. The molecule has 0 bridgehead atoms. The van der Waals surface area contributed by atoms with Crippen LogP contribution in [-0.2, 0) is 0 Å². The van der Waals surface area contributed by atoms with E-state index in [0.717, 1.165) is 56.5 Å². The molecule has 1 aromatic heterocycles. The highest BCUT2D eigenvalue weighted by molar-refractivity contribution is 6.48. The number of hydrogen-bond acceptors (Lipinski definition) is 3. The van der Waals surface area contributed by atoms with Gasteiger partial charge in [-0.05, 0) is 103 Å². The van der Waals surface area contributed by atoms with Gasteiger partial charge < -0.3 is 4.74 Å². The number of rotatable bonds is 4. The molecular weight excluding hydrogens is 446 g/mol. The minimum atomic E-state index is -0.409. The van der Waals surface area contributed by atoms with Gasteiger partial charge in [-0.15, -0.1) is 0 Å². The first kappa shape index (κ1) is 21.6. The molecule has 4 heteroatoms. The first-order valence-corrected chi connectivity index (χ1v) is 12.9. The van der Waals surface area contributed by atoms with Gasteiger partial charge >= 0.3 is 0 Å². The lowest BCUT2D eigenvalue weighted by Gasteiger charge is -2.23. The average Bonchev–Trinajstić information content (AvgIpc) is 3.30. The van der Waals surface area contributed by atoms with Gasteiger partial charge in [0.2, 0.25) is 0 Å². The molecule has 7 rings (SSSR count). The van der Waals surface area contributed by atoms with Crippen molar-refractivity contribution in [3.8, 4) is 5.75 Å². The standard InChI is InChI=1S/C32H29NO3/c1-7-8-16(3)33-30(34)28-20-13-15(2)18-11-9-17-10-12-19-22(36-32(4,5)6)14-21(29(28)31(33)35)27-25(19)23(17)24(18)26(20)27/h9-14,16H,7-8H2,1-6H3. The number of aromatic nitrogens is 1. The van der Waals surface area contributed by atoms with Crippen LogP contribution in [0.4, 0.5) is 0 Å². The second-order valence-corrected chi connectivity index (χ2v) is 11.6. The fourth-order valence-corrected chi connectivity index (χ4v) is 6.71. The Morgan fingerprint density at radius 1 is 0.778 bits per heavy atom. The number of nitrogens with zero attached hydrogens (tertiary/aromatic N) is 1. The summed E-state index contributed by atoms with van der Waals surface area (Å²) < 4.78 is 7.99. The molecule has 0 aliphatic carbocycles. The second-order valence-electron chi connectivity index (χ2n) is 11.6. The molecule has 0 aliphatic rings. The summed E-state index contributed by atoms with van der Waals surface area (Å²) in [6.45, 7) is 12.3. The summed E-state index contributed by atoms with van der Waals surface area (Å²) in [6.07, 6.45) is 1.70. The van der Waals surface area contributed by atoms with Crippen LogP contribution in [0, 0.1) is 6.92 Å². The van der Waals surface area contributed by atoms with Crippen molar-refractivity contribution in [2.75, 3.05) is 0 Å². The van der Waals surface area contributed by atoms with Crippen LogP contribution in [-0.4, -0.2) is 10.2 Å². The van der Waals surface area contributed by atoms with Crippen LogP contribution in [0.15, 0.2) is 46.0 Å². The summed E-state index contributed by atoms with van der Waals surface area (Å²) in [5.74, 6) is 0.760. The zero-order valence-corrected chi connectivity index (χ0v) is 21.6. The zero-order valence-electron chi connectivity index (χ0n) is 21.6. The Morgan fingerprint density at radius 3 is 1.94 bits per heavy atom. The third-order valence-corrected chi connectivity index (χ3v) is 8.02. The van der Waals surface area contributed by atoms with Crippen molar-refractivity contribution in [1.29, 1.82) is 0 Å². The van der Waals surface area contributed by atoms with Crippen LogP contribution >= 0.6 is 0 Å². The molecule has 4 nitrogen and oxygen atoms in total. The number of hydrogen-bond donors (Lipinski definition) is 0. The van der Waals surface area contributed by atoms with Gasteiger partial charge in [-0.1, -0.05) is 31.5 Å². The smallest absolute Gasteiger partial charge is 0.262 e. The molecule has 0 saturated heterocycles. The van der Waals surface area contributed by atoms with Crippen molar-refractivity contribution in [1.82, 2.24) is 4.57 Å². The largest absolute Gasteiger partial charge is 0.487 e. The molecule has 0 saturated carbocycles. The van der Waals surface area contributed by atoms with E-state index in [0.29, 0.717) is 10.8 Å². The van der Waals surface area contributed by atoms with Crippen molar-refractivity contribution < 1.29 is 4.74 Å². The first-order chi connectivity index (χ1) is 17.1. The fraction of sp³-hybridized carbons (Fsp3) is 0.312. The van der Waals surface area contributed by atoms with Gasteiger partial charge in [0.25, 0.3) is 11.1 Å². The highest BCUT2D eigenvalue weighted by Gasteiger charge is 2.30. The number of fused-ring (bicyclic) bond motifs is 3. The van der Waals surface area contributed by atoms with Crippen LogP contribution in [0.1, 0.15) is 59.1 Å². The molecule has 0 spiro atoms. The Morgan fingerprint density at radius 2 is 1.33 bits per heavy atom. The topological polar surface area (TPSA) is 48.3 Å². The molecule has 0 radical (unpaired) electrons. The quantitative estimate of drug-likeness (QED) is 0.245. The van der Waals surface area contributed by atoms with E-state index in [4.69, 9.17) is 4.74 Å². The van der Waals surface area contributed by atoms with E-state index >= 15 is 0 Å². The predicted octanol–water partition coefficient (Wildman–Crippen LogP) is 7.73. The molecular formula is C32H29NO3. The summed E-state index contributed by atoms with van der Waals surface area (Å²) in [4.78, 5) is 28.0. The normalized spacial score (nSPS) is 14.2. The van der Waals surface area contributed by atoms with Crippen molar-refractivity contribution in [3.63, 3.8) is 0 Å². The Balaban J connectivity index is 1.84. The molecule has 0 aliphatic heterocycles. The Labute approximate surface area is 208 Å². The molecule has 0 fully saturated rings. The van der Waals surface area contributed by atoms with Gasteiger partial charge in [0, 0.05) is 22.2 Å². The van der Waals surface area contributed by atoms with Crippen LogP contribution < -0.4 is 15.9 Å².